The first-order valence-corrected chi connectivity index (χ1v) is 7.06. The summed E-state index contributed by atoms with van der Waals surface area (Å²) in [6, 6.07) is 1.71. The van der Waals surface area contributed by atoms with Crippen LogP contribution in [0.15, 0.2) is 6.07 Å². The van der Waals surface area contributed by atoms with Crippen molar-refractivity contribution < 1.29 is 13.2 Å². The third-order valence-corrected chi connectivity index (χ3v) is 2.70. The summed E-state index contributed by atoms with van der Waals surface area (Å²) in [5, 5.41) is 6.04. The van der Waals surface area contributed by atoms with E-state index in [1.54, 1.807) is 6.07 Å². The summed E-state index contributed by atoms with van der Waals surface area (Å²) in [7, 11) is 0. The molecule has 2 N–H and O–H groups in total. The summed E-state index contributed by atoms with van der Waals surface area (Å²) in [6.45, 7) is 8.87. The highest BCUT2D eigenvalue weighted by molar-refractivity contribution is 5.48. The molecule has 0 aromatic carbocycles. The van der Waals surface area contributed by atoms with Gasteiger partial charge in [-0.1, -0.05) is 20.8 Å². The molecule has 1 aromatic rings. The summed E-state index contributed by atoms with van der Waals surface area (Å²) < 4.78 is 36.3. The zero-order valence-corrected chi connectivity index (χ0v) is 12.9. The second kappa shape index (κ2) is 6.95. The number of aromatic nitrogens is 2. The molecular weight excluding hydrogens is 281 g/mol. The third-order valence-electron chi connectivity index (χ3n) is 2.70. The van der Waals surface area contributed by atoms with E-state index in [4.69, 9.17) is 0 Å². The fraction of sp³-hybridized carbons (Fsp3) is 0.714. The highest BCUT2D eigenvalue weighted by atomic mass is 19.4. The van der Waals surface area contributed by atoms with Crippen molar-refractivity contribution in [3.05, 3.63) is 11.9 Å². The van der Waals surface area contributed by atoms with Gasteiger partial charge < -0.3 is 10.6 Å². The zero-order valence-electron chi connectivity index (χ0n) is 12.9. The van der Waals surface area contributed by atoms with Crippen LogP contribution in [0.4, 0.5) is 24.8 Å². The van der Waals surface area contributed by atoms with Crippen LogP contribution in [-0.4, -0.2) is 29.2 Å². The van der Waals surface area contributed by atoms with Gasteiger partial charge in [0.1, 0.15) is 17.5 Å². The highest BCUT2D eigenvalue weighted by Gasteiger charge is 2.26. The number of anilines is 2. The lowest BCUT2D eigenvalue weighted by Gasteiger charge is -2.19. The van der Waals surface area contributed by atoms with Gasteiger partial charge in [-0.25, -0.2) is 9.97 Å². The molecule has 0 saturated carbocycles. The lowest BCUT2D eigenvalue weighted by Crippen LogP contribution is -2.19. The van der Waals surface area contributed by atoms with Crippen LogP contribution < -0.4 is 10.6 Å². The Hall–Kier alpha value is -1.53. The second-order valence-corrected chi connectivity index (χ2v) is 5.89. The van der Waals surface area contributed by atoms with Gasteiger partial charge in [-0.05, 0) is 13.3 Å². The Labute approximate surface area is 123 Å². The quantitative estimate of drug-likeness (QED) is 0.781. The number of nitrogens with zero attached hydrogens (tertiary/aromatic N) is 2. The third kappa shape index (κ3) is 6.64. The molecule has 120 valence electrons. The van der Waals surface area contributed by atoms with Crippen LogP contribution in [0.1, 0.15) is 46.4 Å². The molecule has 0 bridgehead atoms. The molecule has 1 rings (SSSR count). The molecule has 0 unspecified atom stereocenters. The molecule has 21 heavy (non-hydrogen) atoms. The topological polar surface area (TPSA) is 49.8 Å². The maximum atomic E-state index is 12.1. The van der Waals surface area contributed by atoms with Gasteiger partial charge in [-0.15, -0.1) is 0 Å². The maximum absolute atomic E-state index is 12.1. The summed E-state index contributed by atoms with van der Waals surface area (Å²) in [6.07, 6.45) is -4.88. The number of hydrogen-bond donors (Lipinski definition) is 2. The fourth-order valence-electron chi connectivity index (χ4n) is 1.65. The van der Waals surface area contributed by atoms with Gasteiger partial charge in [0, 0.05) is 31.0 Å². The van der Waals surface area contributed by atoms with Crippen molar-refractivity contribution in [3.8, 4) is 0 Å². The van der Waals surface area contributed by atoms with Crippen molar-refractivity contribution in [2.45, 2.75) is 52.1 Å². The van der Waals surface area contributed by atoms with E-state index in [1.807, 2.05) is 27.7 Å². The molecule has 0 atom stereocenters. The monoisotopic (exact) mass is 304 g/mol. The Morgan fingerprint density at radius 3 is 2.10 bits per heavy atom. The van der Waals surface area contributed by atoms with E-state index in [2.05, 4.69) is 20.6 Å². The van der Waals surface area contributed by atoms with Gasteiger partial charge >= 0.3 is 6.18 Å². The number of alkyl halides is 3. The zero-order chi connectivity index (χ0) is 16.1. The summed E-state index contributed by atoms with van der Waals surface area (Å²) in [4.78, 5) is 8.80. The Bertz CT molecular complexity index is 453. The molecule has 1 aromatic heterocycles. The number of hydrogen-bond acceptors (Lipinski definition) is 4. The molecule has 0 radical (unpaired) electrons. The number of nitrogens with one attached hydrogen (secondary N) is 2. The first kappa shape index (κ1) is 17.5. The molecule has 0 amide bonds. The van der Waals surface area contributed by atoms with Crippen LogP contribution in [0.5, 0.6) is 0 Å². The molecule has 4 nitrogen and oxygen atoms in total. The SMILES string of the molecule is CCNc1cc(NCCCC(F)(F)F)nc(C(C)(C)C)n1. The molecule has 1 heterocycles. The van der Waals surface area contributed by atoms with Crippen LogP contribution >= 0.6 is 0 Å². The lowest BCUT2D eigenvalue weighted by molar-refractivity contribution is -0.134. The van der Waals surface area contributed by atoms with Crippen LogP contribution in [0.25, 0.3) is 0 Å². The summed E-state index contributed by atoms with van der Waals surface area (Å²) in [5.41, 5.74) is -0.228. The van der Waals surface area contributed by atoms with Gasteiger partial charge in [0.25, 0.3) is 0 Å². The van der Waals surface area contributed by atoms with Gasteiger partial charge in [0.2, 0.25) is 0 Å². The second-order valence-electron chi connectivity index (χ2n) is 5.89. The number of rotatable bonds is 6. The van der Waals surface area contributed by atoms with Crippen LogP contribution in [-0.2, 0) is 5.41 Å². The molecule has 0 saturated heterocycles. The smallest absolute Gasteiger partial charge is 0.370 e. The minimum atomic E-state index is -4.11. The molecule has 0 spiro atoms. The first-order chi connectivity index (χ1) is 9.62. The largest absolute Gasteiger partial charge is 0.389 e. The summed E-state index contributed by atoms with van der Waals surface area (Å²) >= 11 is 0. The molecule has 0 aliphatic rings. The van der Waals surface area contributed by atoms with Gasteiger partial charge in [0.05, 0.1) is 0 Å². The Morgan fingerprint density at radius 2 is 1.62 bits per heavy atom. The van der Waals surface area contributed by atoms with Crippen molar-refractivity contribution in [1.82, 2.24) is 9.97 Å². The standard InChI is InChI=1S/C14H23F3N4/c1-5-18-10-9-11(19-8-6-7-14(15,16)17)21-12(20-10)13(2,3)4/h9H,5-8H2,1-4H3,(H2,18,19,20,21). The van der Waals surface area contributed by atoms with E-state index in [-0.39, 0.29) is 18.4 Å². The molecule has 7 heteroatoms. The molecule has 0 aliphatic carbocycles. The average molecular weight is 304 g/mol. The predicted molar refractivity (Wildman–Crippen MR) is 78.7 cm³/mol. The summed E-state index contributed by atoms with van der Waals surface area (Å²) in [5.74, 6) is 1.88. The Kier molecular flexibility index (Phi) is 5.80. The van der Waals surface area contributed by atoms with Crippen molar-refractivity contribution in [2.75, 3.05) is 23.7 Å². The minimum absolute atomic E-state index is 0.0227. The van der Waals surface area contributed by atoms with E-state index >= 15 is 0 Å². The van der Waals surface area contributed by atoms with Crippen molar-refractivity contribution in [3.63, 3.8) is 0 Å². The van der Waals surface area contributed by atoms with Crippen molar-refractivity contribution in [1.29, 1.82) is 0 Å². The molecule has 0 fully saturated rings. The Balaban J connectivity index is 2.74. The van der Waals surface area contributed by atoms with Gasteiger partial charge in [0.15, 0.2) is 0 Å². The van der Waals surface area contributed by atoms with Crippen LogP contribution in [0, 0.1) is 0 Å². The van der Waals surface area contributed by atoms with E-state index in [0.29, 0.717) is 24.0 Å². The number of halogens is 3. The van der Waals surface area contributed by atoms with E-state index in [0.717, 1.165) is 0 Å². The van der Waals surface area contributed by atoms with E-state index in [9.17, 15) is 13.2 Å². The fourth-order valence-corrected chi connectivity index (χ4v) is 1.65. The normalized spacial score (nSPS) is 12.3. The van der Waals surface area contributed by atoms with Crippen molar-refractivity contribution >= 4 is 11.6 Å². The van der Waals surface area contributed by atoms with Crippen LogP contribution in [0.2, 0.25) is 0 Å². The van der Waals surface area contributed by atoms with E-state index < -0.39 is 12.6 Å². The predicted octanol–water partition coefficient (Wildman–Crippen LogP) is 3.96. The Morgan fingerprint density at radius 1 is 1.05 bits per heavy atom. The lowest BCUT2D eigenvalue weighted by atomic mass is 9.96. The minimum Gasteiger partial charge on any atom is -0.370 e. The van der Waals surface area contributed by atoms with Gasteiger partial charge in [-0.2, -0.15) is 13.2 Å². The van der Waals surface area contributed by atoms with Crippen molar-refractivity contribution in [2.24, 2.45) is 0 Å². The van der Waals surface area contributed by atoms with Crippen LogP contribution in [0.3, 0.4) is 0 Å². The first-order valence-electron chi connectivity index (χ1n) is 7.06. The van der Waals surface area contributed by atoms with Gasteiger partial charge in [-0.3, -0.25) is 0 Å². The van der Waals surface area contributed by atoms with E-state index in [1.165, 1.54) is 0 Å². The molecular formula is C14H23F3N4. The highest BCUT2D eigenvalue weighted by Crippen LogP contribution is 2.23. The molecule has 0 aliphatic heterocycles. The average Bonchev–Trinajstić information content (AvgIpc) is 2.33. The maximum Gasteiger partial charge on any atom is 0.389 e.